The summed E-state index contributed by atoms with van der Waals surface area (Å²) in [4.78, 5) is 16.7. The summed E-state index contributed by atoms with van der Waals surface area (Å²) in [5.74, 6) is 0.651. The van der Waals surface area contributed by atoms with Crippen LogP contribution in [0, 0.1) is 0 Å². The molecule has 5 nitrogen and oxygen atoms in total. The van der Waals surface area contributed by atoms with E-state index < -0.39 is 0 Å². The third-order valence-corrected chi connectivity index (χ3v) is 10.9. The van der Waals surface area contributed by atoms with E-state index in [4.69, 9.17) is 15.0 Å². The van der Waals surface area contributed by atoms with E-state index in [1.54, 1.807) is 11.3 Å². The fourth-order valence-corrected chi connectivity index (χ4v) is 9.00. The summed E-state index contributed by atoms with van der Waals surface area (Å²) < 4.78 is 5.97. The van der Waals surface area contributed by atoms with E-state index in [1.165, 1.54) is 37.1 Å². The number of hydrogen-bond donors (Lipinski definition) is 0. The summed E-state index contributed by atoms with van der Waals surface area (Å²) in [6, 6.07) is 51.2. The molecule has 0 fully saturated rings. The Morgan fingerprint density at radius 1 is 0.469 bits per heavy atom. The van der Waals surface area contributed by atoms with Crippen LogP contribution in [0.1, 0.15) is 0 Å². The largest absolute Gasteiger partial charge is 0.308 e. The minimum absolute atomic E-state index is 0.651. The molecule has 0 aliphatic rings. The molecule has 0 unspecified atom stereocenters. The predicted octanol–water partition coefficient (Wildman–Crippen LogP) is 11.3. The Bertz CT molecular complexity index is 3100. The second-order valence-electron chi connectivity index (χ2n) is 12.4. The van der Waals surface area contributed by atoms with Crippen molar-refractivity contribution in [2.24, 2.45) is 0 Å². The van der Waals surface area contributed by atoms with Crippen LogP contribution in [0.4, 0.5) is 0 Å². The van der Waals surface area contributed by atoms with E-state index in [9.17, 15) is 0 Å². The first-order valence-electron chi connectivity index (χ1n) is 16.4. The van der Waals surface area contributed by atoms with Gasteiger partial charge in [-0.3, -0.25) is 4.57 Å². The topological polar surface area (TPSA) is 48.5 Å². The fourth-order valence-electron chi connectivity index (χ4n) is 7.81. The number of para-hydroxylation sites is 4. The molecule has 0 amide bonds. The highest BCUT2D eigenvalue weighted by atomic mass is 32.1. The molecule has 228 valence electrons. The van der Waals surface area contributed by atoms with Crippen LogP contribution in [0.2, 0.25) is 0 Å². The van der Waals surface area contributed by atoms with Crippen molar-refractivity contribution in [2.75, 3.05) is 0 Å². The molecular formula is C43H25N5S. The van der Waals surface area contributed by atoms with Gasteiger partial charge in [-0.25, -0.2) is 15.0 Å². The van der Waals surface area contributed by atoms with Crippen molar-refractivity contribution in [2.45, 2.75) is 0 Å². The highest BCUT2D eigenvalue weighted by Crippen LogP contribution is 2.50. The summed E-state index contributed by atoms with van der Waals surface area (Å²) >= 11 is 1.77. The zero-order valence-corrected chi connectivity index (χ0v) is 26.9. The maximum absolute atomic E-state index is 5.43. The molecule has 49 heavy (non-hydrogen) atoms. The first kappa shape index (κ1) is 26.7. The SMILES string of the molecule is c1ccc(-c2nc(-n3c4ccccc4c4c5c6cccnc6sc5c5c(c6ccccc6n5-c5ccccc5)c43)nc3ccccc23)cc1. The van der Waals surface area contributed by atoms with Crippen LogP contribution < -0.4 is 0 Å². The number of benzene rings is 6. The van der Waals surface area contributed by atoms with E-state index in [2.05, 4.69) is 149 Å². The third-order valence-electron chi connectivity index (χ3n) is 9.77. The van der Waals surface area contributed by atoms with Crippen LogP contribution in [0.5, 0.6) is 0 Å². The van der Waals surface area contributed by atoms with E-state index in [1.807, 2.05) is 12.3 Å². The second-order valence-corrected chi connectivity index (χ2v) is 13.4. The van der Waals surface area contributed by atoms with Gasteiger partial charge in [-0.15, -0.1) is 11.3 Å². The molecule has 11 rings (SSSR count). The number of fused-ring (bicyclic) bond motifs is 13. The van der Waals surface area contributed by atoms with Crippen molar-refractivity contribution < 1.29 is 0 Å². The highest BCUT2D eigenvalue weighted by Gasteiger charge is 2.27. The van der Waals surface area contributed by atoms with Gasteiger partial charge in [0, 0.05) is 55.2 Å². The summed E-state index contributed by atoms with van der Waals surface area (Å²) in [5.41, 5.74) is 8.51. The Morgan fingerprint density at radius 3 is 1.90 bits per heavy atom. The van der Waals surface area contributed by atoms with E-state index in [-0.39, 0.29) is 0 Å². The van der Waals surface area contributed by atoms with Crippen molar-refractivity contribution in [1.82, 2.24) is 24.1 Å². The molecule has 11 aromatic rings. The zero-order chi connectivity index (χ0) is 32.1. The Labute approximate surface area is 284 Å². The first-order valence-corrected chi connectivity index (χ1v) is 17.2. The standard InChI is InChI=1S/C43H25N5S/c1-3-14-26(15-4-1)38-28-18-7-10-22-32(28)45-43(46-38)48-34-24-12-8-19-29(34)35-36-31-21-13-25-44-42(31)49-41(36)40-37(39(35)48)30-20-9-11-23-33(30)47(40)27-16-5-2-6-17-27/h1-25H. The number of nitrogens with zero attached hydrogens (tertiary/aromatic N) is 5. The molecule has 0 saturated carbocycles. The van der Waals surface area contributed by atoms with Crippen molar-refractivity contribution in [3.05, 3.63) is 152 Å². The van der Waals surface area contributed by atoms with Gasteiger partial charge in [-0.2, -0.15) is 0 Å². The Morgan fingerprint density at radius 2 is 1.10 bits per heavy atom. The molecule has 0 radical (unpaired) electrons. The van der Waals surface area contributed by atoms with Crippen molar-refractivity contribution in [3.63, 3.8) is 0 Å². The molecule has 0 bridgehead atoms. The van der Waals surface area contributed by atoms with E-state index >= 15 is 0 Å². The van der Waals surface area contributed by atoms with Gasteiger partial charge in [0.15, 0.2) is 0 Å². The molecule has 0 aliphatic heterocycles. The molecule has 0 aliphatic carbocycles. The van der Waals surface area contributed by atoms with Crippen molar-refractivity contribution >= 4 is 86.2 Å². The van der Waals surface area contributed by atoms with Crippen LogP contribution in [0.25, 0.3) is 97.7 Å². The lowest BCUT2D eigenvalue weighted by Gasteiger charge is -2.13. The lowest BCUT2D eigenvalue weighted by Crippen LogP contribution is -2.03. The molecule has 0 spiro atoms. The van der Waals surface area contributed by atoms with E-state index in [0.29, 0.717) is 5.95 Å². The molecule has 5 aromatic heterocycles. The maximum atomic E-state index is 5.43. The van der Waals surface area contributed by atoms with Gasteiger partial charge >= 0.3 is 0 Å². The average Bonchev–Trinajstić information content (AvgIpc) is 3.83. The molecule has 0 saturated heterocycles. The lowest BCUT2D eigenvalue weighted by atomic mass is 10.0. The molecule has 6 heteroatoms. The van der Waals surface area contributed by atoms with Crippen LogP contribution in [0.3, 0.4) is 0 Å². The third kappa shape index (κ3) is 3.66. The Kier molecular flexibility index (Phi) is 5.48. The number of thiophene rings is 1. The van der Waals surface area contributed by atoms with Gasteiger partial charge in [-0.05, 0) is 42.5 Å². The Balaban J connectivity index is 1.44. The number of pyridine rings is 1. The monoisotopic (exact) mass is 643 g/mol. The van der Waals surface area contributed by atoms with Crippen LogP contribution in [-0.4, -0.2) is 24.1 Å². The van der Waals surface area contributed by atoms with Crippen LogP contribution in [-0.2, 0) is 0 Å². The normalized spacial score (nSPS) is 12.1. The highest BCUT2D eigenvalue weighted by molar-refractivity contribution is 7.26. The fraction of sp³-hybridized carbons (Fsp3) is 0. The lowest BCUT2D eigenvalue weighted by molar-refractivity contribution is 1.02. The van der Waals surface area contributed by atoms with Gasteiger partial charge in [-0.1, -0.05) is 103 Å². The maximum Gasteiger partial charge on any atom is 0.235 e. The second kappa shape index (κ2) is 10.1. The van der Waals surface area contributed by atoms with Crippen molar-refractivity contribution in [1.29, 1.82) is 0 Å². The zero-order valence-electron chi connectivity index (χ0n) is 26.1. The minimum atomic E-state index is 0.651. The van der Waals surface area contributed by atoms with Gasteiger partial charge in [0.1, 0.15) is 4.83 Å². The van der Waals surface area contributed by atoms with Gasteiger partial charge in [0.2, 0.25) is 5.95 Å². The first-order chi connectivity index (χ1) is 24.3. The van der Waals surface area contributed by atoms with Gasteiger partial charge < -0.3 is 4.57 Å². The molecule has 6 aromatic carbocycles. The predicted molar refractivity (Wildman–Crippen MR) is 204 cm³/mol. The number of aromatic nitrogens is 5. The van der Waals surface area contributed by atoms with Gasteiger partial charge in [0.25, 0.3) is 0 Å². The summed E-state index contributed by atoms with van der Waals surface area (Å²) in [5, 5.41) is 8.14. The molecular weight excluding hydrogens is 619 g/mol. The summed E-state index contributed by atoms with van der Waals surface area (Å²) in [7, 11) is 0. The Hall–Kier alpha value is -6.37. The summed E-state index contributed by atoms with van der Waals surface area (Å²) in [6.07, 6.45) is 1.90. The summed E-state index contributed by atoms with van der Waals surface area (Å²) in [6.45, 7) is 0. The van der Waals surface area contributed by atoms with Crippen LogP contribution >= 0.6 is 11.3 Å². The molecule has 5 heterocycles. The molecule has 0 N–H and O–H groups in total. The van der Waals surface area contributed by atoms with Crippen LogP contribution in [0.15, 0.2) is 152 Å². The van der Waals surface area contributed by atoms with Crippen molar-refractivity contribution in [3.8, 4) is 22.9 Å². The number of rotatable bonds is 3. The van der Waals surface area contributed by atoms with Gasteiger partial charge in [0.05, 0.1) is 38.0 Å². The number of hydrogen-bond acceptors (Lipinski definition) is 4. The smallest absolute Gasteiger partial charge is 0.235 e. The minimum Gasteiger partial charge on any atom is -0.308 e. The quantitative estimate of drug-likeness (QED) is 0.192. The van der Waals surface area contributed by atoms with E-state index in [0.717, 1.165) is 54.6 Å². The average molecular weight is 644 g/mol. The molecule has 0 atom stereocenters.